The highest BCUT2D eigenvalue weighted by atomic mass is 35.5. The van der Waals surface area contributed by atoms with Gasteiger partial charge < -0.3 is 0 Å². The van der Waals surface area contributed by atoms with Crippen LogP contribution in [0.1, 0.15) is 0 Å². The van der Waals surface area contributed by atoms with E-state index in [1.165, 1.54) is 28.9 Å². The maximum absolute atomic E-state index is 13.8. The average molecular weight is 283 g/mol. The molecule has 2 aromatic heterocycles. The van der Waals surface area contributed by atoms with Gasteiger partial charge in [0.2, 0.25) is 0 Å². The van der Waals surface area contributed by atoms with Crippen LogP contribution in [-0.4, -0.2) is 19.6 Å². The second kappa shape index (κ2) is 4.19. The molecular weight excluding hydrogens is 278 g/mol. The molecule has 4 nitrogen and oxygen atoms in total. The van der Waals surface area contributed by atoms with E-state index in [0.29, 0.717) is 5.65 Å². The summed E-state index contributed by atoms with van der Waals surface area (Å²) in [5.41, 5.74) is 0.594. The first-order valence-electron chi connectivity index (χ1n) is 4.97. The van der Waals surface area contributed by atoms with Crippen LogP contribution in [0.3, 0.4) is 0 Å². The molecule has 0 saturated carbocycles. The molecular formula is C11H5Cl2FN4. The summed E-state index contributed by atoms with van der Waals surface area (Å²) in [7, 11) is 0. The van der Waals surface area contributed by atoms with Gasteiger partial charge in [-0.3, -0.25) is 9.38 Å². The second-order valence-electron chi connectivity index (χ2n) is 3.54. The Morgan fingerprint density at radius 2 is 1.94 bits per heavy atom. The van der Waals surface area contributed by atoms with Crippen molar-refractivity contribution >= 4 is 28.8 Å². The highest BCUT2D eigenvalue weighted by molar-refractivity contribution is 6.33. The molecule has 90 valence electrons. The van der Waals surface area contributed by atoms with E-state index in [9.17, 15) is 4.39 Å². The number of nitrogens with zero attached hydrogens (tertiary/aromatic N) is 4. The van der Waals surface area contributed by atoms with Crippen molar-refractivity contribution in [1.29, 1.82) is 0 Å². The summed E-state index contributed by atoms with van der Waals surface area (Å²) in [5, 5.41) is 8.32. The molecule has 7 heteroatoms. The zero-order valence-corrected chi connectivity index (χ0v) is 10.3. The summed E-state index contributed by atoms with van der Waals surface area (Å²) in [6.07, 6.45) is 2.91. The van der Waals surface area contributed by atoms with Crippen LogP contribution in [0.15, 0.2) is 30.6 Å². The van der Waals surface area contributed by atoms with Crippen molar-refractivity contribution in [3.63, 3.8) is 0 Å². The third-order valence-corrected chi connectivity index (χ3v) is 3.04. The minimum absolute atomic E-state index is 0.166. The molecule has 3 aromatic rings. The van der Waals surface area contributed by atoms with Crippen molar-refractivity contribution in [3.05, 3.63) is 46.6 Å². The first-order valence-corrected chi connectivity index (χ1v) is 5.73. The number of hydrogen-bond donors (Lipinski definition) is 0. The Balaban J connectivity index is 2.39. The van der Waals surface area contributed by atoms with Crippen LogP contribution in [-0.2, 0) is 0 Å². The maximum atomic E-state index is 13.8. The summed E-state index contributed by atoms with van der Waals surface area (Å²) in [4.78, 5) is 3.88. The van der Waals surface area contributed by atoms with Crippen LogP contribution >= 0.6 is 23.2 Å². The Kier molecular flexibility index (Phi) is 2.65. The van der Waals surface area contributed by atoms with Crippen molar-refractivity contribution in [2.45, 2.75) is 0 Å². The lowest BCUT2D eigenvalue weighted by Crippen LogP contribution is -1.95. The van der Waals surface area contributed by atoms with E-state index in [1.807, 2.05) is 0 Å². The molecule has 3 rings (SSSR count). The van der Waals surface area contributed by atoms with Gasteiger partial charge in [-0.05, 0) is 12.1 Å². The monoisotopic (exact) mass is 282 g/mol. The van der Waals surface area contributed by atoms with E-state index in [-0.39, 0.29) is 21.6 Å². The van der Waals surface area contributed by atoms with Gasteiger partial charge in [0.25, 0.3) is 0 Å². The molecule has 0 saturated heterocycles. The lowest BCUT2D eigenvalue weighted by atomic mass is 10.2. The molecule has 0 aliphatic rings. The Hall–Kier alpha value is -1.72. The van der Waals surface area contributed by atoms with E-state index in [2.05, 4.69) is 15.2 Å². The molecule has 0 radical (unpaired) electrons. The Morgan fingerprint density at radius 1 is 1.11 bits per heavy atom. The van der Waals surface area contributed by atoms with E-state index in [0.717, 1.165) is 0 Å². The molecule has 2 heterocycles. The van der Waals surface area contributed by atoms with Crippen LogP contribution in [0, 0.1) is 5.82 Å². The number of benzene rings is 1. The minimum Gasteiger partial charge on any atom is -0.262 e. The largest absolute Gasteiger partial charge is 0.262 e. The molecule has 1 aromatic carbocycles. The predicted octanol–water partition coefficient (Wildman–Crippen LogP) is 3.24. The highest BCUT2D eigenvalue weighted by Crippen LogP contribution is 2.30. The number of aromatic nitrogens is 4. The van der Waals surface area contributed by atoms with Crippen molar-refractivity contribution in [2.75, 3.05) is 0 Å². The van der Waals surface area contributed by atoms with Crippen molar-refractivity contribution < 1.29 is 4.39 Å². The molecule has 0 unspecified atom stereocenters. The Bertz CT molecular complexity index is 721. The molecule has 0 N–H and O–H groups in total. The minimum atomic E-state index is -0.482. The number of fused-ring (bicyclic) bond motifs is 1. The van der Waals surface area contributed by atoms with Crippen LogP contribution in [0.25, 0.3) is 17.0 Å². The lowest BCUT2D eigenvalue weighted by molar-refractivity contribution is 0.630. The van der Waals surface area contributed by atoms with Gasteiger partial charge in [0.05, 0.1) is 23.0 Å². The smallest absolute Gasteiger partial charge is 0.180 e. The van der Waals surface area contributed by atoms with Crippen LogP contribution in [0.2, 0.25) is 10.2 Å². The molecule has 18 heavy (non-hydrogen) atoms. The first-order chi connectivity index (χ1) is 8.68. The summed E-state index contributed by atoms with van der Waals surface area (Å²) >= 11 is 12.0. The van der Waals surface area contributed by atoms with Gasteiger partial charge in [0.1, 0.15) is 11.0 Å². The number of halogens is 3. The average Bonchev–Trinajstić information content (AvgIpc) is 2.74. The van der Waals surface area contributed by atoms with Gasteiger partial charge in [-0.1, -0.05) is 29.3 Å². The fourth-order valence-corrected chi connectivity index (χ4v) is 2.16. The molecule has 0 aliphatic heterocycles. The zero-order chi connectivity index (χ0) is 12.7. The second-order valence-corrected chi connectivity index (χ2v) is 4.34. The van der Waals surface area contributed by atoms with Crippen molar-refractivity contribution in [3.8, 4) is 11.4 Å². The first kappa shape index (κ1) is 11.4. The highest BCUT2D eigenvalue weighted by Gasteiger charge is 2.17. The third kappa shape index (κ3) is 1.63. The molecule has 0 fully saturated rings. The fourth-order valence-electron chi connectivity index (χ4n) is 1.69. The number of hydrogen-bond acceptors (Lipinski definition) is 3. The van der Waals surface area contributed by atoms with Gasteiger partial charge in [0.15, 0.2) is 11.5 Å². The Morgan fingerprint density at radius 3 is 2.72 bits per heavy atom. The van der Waals surface area contributed by atoms with E-state index in [1.54, 1.807) is 6.07 Å². The van der Waals surface area contributed by atoms with E-state index >= 15 is 0 Å². The summed E-state index contributed by atoms with van der Waals surface area (Å²) in [6, 6.07) is 4.40. The van der Waals surface area contributed by atoms with Crippen molar-refractivity contribution in [2.24, 2.45) is 0 Å². The summed E-state index contributed by atoms with van der Waals surface area (Å²) < 4.78 is 15.3. The van der Waals surface area contributed by atoms with Gasteiger partial charge >= 0.3 is 0 Å². The molecule has 0 aliphatic carbocycles. The van der Waals surface area contributed by atoms with Crippen molar-refractivity contribution in [1.82, 2.24) is 19.6 Å². The van der Waals surface area contributed by atoms with Crippen LogP contribution in [0.5, 0.6) is 0 Å². The zero-order valence-electron chi connectivity index (χ0n) is 8.81. The molecule has 0 bridgehead atoms. The van der Waals surface area contributed by atoms with Crippen LogP contribution < -0.4 is 0 Å². The maximum Gasteiger partial charge on any atom is 0.180 e. The van der Waals surface area contributed by atoms with Gasteiger partial charge in [-0.25, -0.2) is 4.39 Å². The van der Waals surface area contributed by atoms with E-state index in [4.69, 9.17) is 23.2 Å². The summed E-state index contributed by atoms with van der Waals surface area (Å²) in [5.74, 6) is -0.231. The lowest BCUT2D eigenvalue weighted by Gasteiger charge is -2.04. The molecule has 0 atom stereocenters. The van der Waals surface area contributed by atoms with Gasteiger partial charge in [0, 0.05) is 0 Å². The SMILES string of the molecule is Fc1cccc(Cl)c1-c1nnc2cncc(Cl)n12. The molecule has 0 spiro atoms. The van der Waals surface area contributed by atoms with Gasteiger partial charge in [-0.2, -0.15) is 0 Å². The fraction of sp³-hybridized carbons (Fsp3) is 0. The normalized spacial score (nSPS) is 11.1. The molecule has 0 amide bonds. The number of rotatable bonds is 1. The summed E-state index contributed by atoms with van der Waals surface area (Å²) in [6.45, 7) is 0. The van der Waals surface area contributed by atoms with Gasteiger partial charge in [-0.15, -0.1) is 10.2 Å². The van der Waals surface area contributed by atoms with E-state index < -0.39 is 5.82 Å². The van der Waals surface area contributed by atoms with Crippen LogP contribution in [0.4, 0.5) is 4.39 Å². The Labute approximate surface area is 111 Å². The third-order valence-electron chi connectivity index (χ3n) is 2.46. The topological polar surface area (TPSA) is 43.1 Å². The standard InChI is InChI=1S/C11H5Cl2FN4/c12-6-2-1-3-7(14)10(6)11-17-16-9-5-15-4-8(13)18(9)11/h1-5H. The predicted molar refractivity (Wildman–Crippen MR) is 66.2 cm³/mol. The quantitative estimate of drug-likeness (QED) is 0.688.